The number of aromatic nitrogens is 3. The zero-order chi connectivity index (χ0) is 18.7. The molecule has 3 rings (SSSR count). The Balaban J connectivity index is 1.67. The molecule has 26 heavy (non-hydrogen) atoms. The van der Waals surface area contributed by atoms with E-state index in [0.29, 0.717) is 17.4 Å². The van der Waals surface area contributed by atoms with E-state index in [9.17, 15) is 4.79 Å². The number of piperidine rings is 1. The van der Waals surface area contributed by atoms with Gasteiger partial charge >= 0.3 is 0 Å². The van der Waals surface area contributed by atoms with Crippen molar-refractivity contribution in [2.24, 2.45) is 7.05 Å². The van der Waals surface area contributed by atoms with Crippen molar-refractivity contribution in [1.82, 2.24) is 20.1 Å². The van der Waals surface area contributed by atoms with Crippen LogP contribution in [0.25, 0.3) is 0 Å². The number of aryl methyl sites for hydroxylation is 1. The zero-order valence-electron chi connectivity index (χ0n) is 15.9. The van der Waals surface area contributed by atoms with Gasteiger partial charge in [-0.25, -0.2) is 4.68 Å². The van der Waals surface area contributed by atoms with Crippen LogP contribution in [0.5, 0.6) is 5.75 Å². The van der Waals surface area contributed by atoms with Crippen LogP contribution >= 0.6 is 0 Å². The fourth-order valence-electron chi connectivity index (χ4n) is 2.97. The van der Waals surface area contributed by atoms with Gasteiger partial charge in [0.15, 0.2) is 5.82 Å². The molecule has 2 aromatic rings. The van der Waals surface area contributed by atoms with Gasteiger partial charge in [0.05, 0.1) is 0 Å². The quantitative estimate of drug-likeness (QED) is 0.879. The average Bonchev–Trinajstić information content (AvgIpc) is 2.95. The molecular weight excluding hydrogens is 330 g/mol. The molecule has 0 unspecified atom stereocenters. The van der Waals surface area contributed by atoms with E-state index in [-0.39, 0.29) is 11.5 Å². The maximum Gasteiger partial charge on any atom is 0.258 e. The smallest absolute Gasteiger partial charge is 0.258 e. The number of anilines is 1. The molecule has 1 amide bonds. The van der Waals surface area contributed by atoms with Crippen LogP contribution in [0.2, 0.25) is 0 Å². The predicted molar refractivity (Wildman–Crippen MR) is 101 cm³/mol. The first-order valence-corrected chi connectivity index (χ1v) is 9.04. The van der Waals surface area contributed by atoms with Gasteiger partial charge in [-0.2, -0.15) is 10.1 Å². The SMILES string of the molecule is Cn1nc(C2CCNCC2)nc1NC(=O)c1ccc(OC(C)(C)C)cc1. The topological polar surface area (TPSA) is 81.1 Å². The summed E-state index contributed by atoms with van der Waals surface area (Å²) in [6, 6.07) is 7.11. The standard InChI is InChI=1S/C19H27N5O2/c1-19(2,3)26-15-7-5-14(6-8-15)17(25)22-18-21-16(23-24(18)4)13-9-11-20-12-10-13/h5-8,13,20H,9-12H2,1-4H3,(H,21,22,23,25). The van der Waals surface area contributed by atoms with Crippen molar-refractivity contribution in [3.8, 4) is 5.75 Å². The molecule has 1 aromatic carbocycles. The molecule has 1 aliphatic rings. The Morgan fingerprint density at radius 3 is 2.50 bits per heavy atom. The van der Waals surface area contributed by atoms with Crippen LogP contribution in [0, 0.1) is 0 Å². The van der Waals surface area contributed by atoms with E-state index in [2.05, 4.69) is 20.7 Å². The third-order valence-corrected chi connectivity index (χ3v) is 4.25. The summed E-state index contributed by atoms with van der Waals surface area (Å²) in [6.07, 6.45) is 2.04. The second-order valence-corrected chi connectivity index (χ2v) is 7.63. The molecule has 1 aromatic heterocycles. The minimum Gasteiger partial charge on any atom is -0.488 e. The van der Waals surface area contributed by atoms with Crippen LogP contribution < -0.4 is 15.4 Å². The van der Waals surface area contributed by atoms with Crippen LogP contribution in [0.1, 0.15) is 55.7 Å². The van der Waals surface area contributed by atoms with Crippen molar-refractivity contribution in [2.45, 2.75) is 45.1 Å². The Hall–Kier alpha value is -2.41. The first-order valence-electron chi connectivity index (χ1n) is 9.04. The summed E-state index contributed by atoms with van der Waals surface area (Å²) in [5.74, 6) is 2.15. The van der Waals surface area contributed by atoms with Gasteiger partial charge in [0.1, 0.15) is 11.4 Å². The van der Waals surface area contributed by atoms with Crippen LogP contribution in [0.4, 0.5) is 5.95 Å². The Morgan fingerprint density at radius 2 is 1.88 bits per heavy atom. The van der Waals surface area contributed by atoms with Crippen molar-refractivity contribution in [3.05, 3.63) is 35.7 Å². The Morgan fingerprint density at radius 1 is 1.23 bits per heavy atom. The fourth-order valence-corrected chi connectivity index (χ4v) is 2.97. The summed E-state index contributed by atoms with van der Waals surface area (Å²) in [7, 11) is 1.80. The highest BCUT2D eigenvalue weighted by Crippen LogP contribution is 2.23. The number of benzene rings is 1. The van der Waals surface area contributed by atoms with Gasteiger partial charge in [-0.05, 0) is 71.0 Å². The van der Waals surface area contributed by atoms with Gasteiger partial charge in [-0.15, -0.1) is 0 Å². The predicted octanol–water partition coefficient (Wildman–Crippen LogP) is 2.71. The molecular formula is C19H27N5O2. The molecule has 0 radical (unpaired) electrons. The number of ether oxygens (including phenoxy) is 1. The molecule has 0 atom stereocenters. The number of amides is 1. The van der Waals surface area contributed by atoms with Crippen molar-refractivity contribution >= 4 is 11.9 Å². The van der Waals surface area contributed by atoms with Crippen molar-refractivity contribution < 1.29 is 9.53 Å². The Bertz CT molecular complexity index is 755. The number of nitrogens with one attached hydrogen (secondary N) is 2. The van der Waals surface area contributed by atoms with Crippen molar-refractivity contribution in [1.29, 1.82) is 0 Å². The maximum absolute atomic E-state index is 12.5. The van der Waals surface area contributed by atoms with Crippen LogP contribution in [0.15, 0.2) is 24.3 Å². The van der Waals surface area contributed by atoms with Gasteiger partial charge in [0.2, 0.25) is 5.95 Å². The summed E-state index contributed by atoms with van der Waals surface area (Å²) >= 11 is 0. The molecule has 7 nitrogen and oxygen atoms in total. The summed E-state index contributed by atoms with van der Waals surface area (Å²) < 4.78 is 7.41. The van der Waals surface area contributed by atoms with E-state index in [1.54, 1.807) is 36.0 Å². The third-order valence-electron chi connectivity index (χ3n) is 4.25. The Labute approximate surface area is 154 Å². The summed E-state index contributed by atoms with van der Waals surface area (Å²) in [5.41, 5.74) is 0.283. The van der Waals surface area contributed by atoms with Gasteiger partial charge in [-0.3, -0.25) is 10.1 Å². The molecule has 0 bridgehead atoms. The highest BCUT2D eigenvalue weighted by Gasteiger charge is 2.21. The highest BCUT2D eigenvalue weighted by molar-refractivity contribution is 6.03. The second kappa shape index (κ2) is 7.45. The molecule has 2 heterocycles. The van der Waals surface area contributed by atoms with Crippen LogP contribution in [-0.4, -0.2) is 39.4 Å². The fraction of sp³-hybridized carbons (Fsp3) is 0.526. The van der Waals surface area contributed by atoms with Crippen molar-refractivity contribution in [2.75, 3.05) is 18.4 Å². The van der Waals surface area contributed by atoms with E-state index in [1.807, 2.05) is 20.8 Å². The molecule has 1 fully saturated rings. The molecule has 1 aliphatic heterocycles. The van der Waals surface area contributed by atoms with Gasteiger partial charge < -0.3 is 10.1 Å². The number of rotatable bonds is 4. The number of carbonyl (C=O) groups is 1. The normalized spacial score (nSPS) is 15.7. The lowest BCUT2D eigenvalue weighted by atomic mass is 9.98. The molecule has 0 spiro atoms. The summed E-state index contributed by atoms with van der Waals surface area (Å²) in [5, 5.41) is 10.7. The number of nitrogens with zero attached hydrogens (tertiary/aromatic N) is 3. The van der Waals surface area contributed by atoms with Crippen molar-refractivity contribution in [3.63, 3.8) is 0 Å². The van der Waals surface area contributed by atoms with Crippen LogP contribution in [0.3, 0.4) is 0 Å². The monoisotopic (exact) mass is 357 g/mol. The van der Waals surface area contributed by atoms with E-state index in [4.69, 9.17) is 4.74 Å². The van der Waals surface area contributed by atoms with Gasteiger partial charge in [0.25, 0.3) is 5.91 Å². The molecule has 140 valence electrons. The minimum atomic E-state index is -0.270. The zero-order valence-corrected chi connectivity index (χ0v) is 15.9. The lowest BCUT2D eigenvalue weighted by molar-refractivity contribution is 0.102. The van der Waals surface area contributed by atoms with E-state index >= 15 is 0 Å². The second-order valence-electron chi connectivity index (χ2n) is 7.63. The largest absolute Gasteiger partial charge is 0.488 e. The molecule has 7 heteroatoms. The summed E-state index contributed by atoms with van der Waals surface area (Å²) in [4.78, 5) is 17.0. The lowest BCUT2D eigenvalue weighted by Gasteiger charge is -2.21. The maximum atomic E-state index is 12.5. The van der Waals surface area contributed by atoms with Gasteiger partial charge in [0, 0.05) is 18.5 Å². The minimum absolute atomic E-state index is 0.209. The van der Waals surface area contributed by atoms with E-state index in [0.717, 1.165) is 37.5 Å². The number of hydrogen-bond acceptors (Lipinski definition) is 5. The average molecular weight is 357 g/mol. The van der Waals surface area contributed by atoms with Crippen LogP contribution in [-0.2, 0) is 7.05 Å². The summed E-state index contributed by atoms with van der Waals surface area (Å²) in [6.45, 7) is 7.92. The van der Waals surface area contributed by atoms with Gasteiger partial charge in [-0.1, -0.05) is 0 Å². The molecule has 2 N–H and O–H groups in total. The number of hydrogen-bond donors (Lipinski definition) is 2. The lowest BCUT2D eigenvalue weighted by Crippen LogP contribution is -2.27. The van der Waals surface area contributed by atoms with E-state index in [1.165, 1.54) is 0 Å². The molecule has 0 saturated carbocycles. The Kier molecular flexibility index (Phi) is 5.27. The number of carbonyl (C=O) groups excluding carboxylic acids is 1. The first kappa shape index (κ1) is 18.4. The molecule has 1 saturated heterocycles. The van der Waals surface area contributed by atoms with E-state index < -0.39 is 0 Å². The first-order chi connectivity index (χ1) is 12.3. The molecule has 0 aliphatic carbocycles. The third kappa shape index (κ3) is 4.60. The highest BCUT2D eigenvalue weighted by atomic mass is 16.5.